The van der Waals surface area contributed by atoms with Gasteiger partial charge in [0.05, 0.1) is 5.92 Å². The zero-order valence-electron chi connectivity index (χ0n) is 10.5. The van der Waals surface area contributed by atoms with E-state index in [9.17, 15) is 18.0 Å². The summed E-state index contributed by atoms with van der Waals surface area (Å²) in [6.45, 7) is 0.737. The molecule has 0 aliphatic carbocycles. The quantitative estimate of drug-likeness (QED) is 0.838. The Morgan fingerprint density at radius 3 is 2.70 bits per heavy atom. The van der Waals surface area contributed by atoms with Crippen molar-refractivity contribution in [3.05, 3.63) is 11.9 Å². The van der Waals surface area contributed by atoms with Crippen molar-refractivity contribution in [3.8, 4) is 0 Å². The molecule has 2 rings (SSSR count). The van der Waals surface area contributed by atoms with Gasteiger partial charge in [0, 0.05) is 19.2 Å². The minimum absolute atomic E-state index is 0.0655. The molecule has 1 saturated heterocycles. The average molecular weight is 289 g/mol. The summed E-state index contributed by atoms with van der Waals surface area (Å²) in [4.78, 5) is 19.4. The molecule has 1 aliphatic heterocycles. The Morgan fingerprint density at radius 2 is 2.10 bits per heavy atom. The number of nitrogens with two attached hydrogens (primary N) is 2. The number of hydrogen-bond acceptors (Lipinski definition) is 5. The first kappa shape index (κ1) is 14.4. The van der Waals surface area contributed by atoms with Gasteiger partial charge in [-0.05, 0) is 12.8 Å². The lowest BCUT2D eigenvalue weighted by atomic mass is 9.97. The molecule has 0 saturated carbocycles. The van der Waals surface area contributed by atoms with Gasteiger partial charge >= 0.3 is 6.18 Å². The fraction of sp³-hybridized carbons (Fsp3) is 0.545. The molecular weight excluding hydrogens is 275 g/mol. The summed E-state index contributed by atoms with van der Waals surface area (Å²) in [5.74, 6) is -2.34. The van der Waals surface area contributed by atoms with Crippen molar-refractivity contribution in [1.82, 2.24) is 9.97 Å². The van der Waals surface area contributed by atoms with Crippen LogP contribution in [-0.4, -0.2) is 29.0 Å². The first-order valence-corrected chi connectivity index (χ1v) is 6.03. The number of piperidine rings is 1. The second kappa shape index (κ2) is 5.14. The van der Waals surface area contributed by atoms with Gasteiger partial charge in [-0.2, -0.15) is 13.2 Å². The van der Waals surface area contributed by atoms with E-state index in [-0.39, 0.29) is 18.2 Å². The largest absolute Gasteiger partial charge is 0.451 e. The van der Waals surface area contributed by atoms with Crippen LogP contribution in [0.1, 0.15) is 18.7 Å². The third-order valence-corrected chi connectivity index (χ3v) is 3.13. The van der Waals surface area contributed by atoms with E-state index >= 15 is 0 Å². The summed E-state index contributed by atoms with van der Waals surface area (Å²) in [6.07, 6.45) is -3.39. The molecule has 2 heterocycles. The van der Waals surface area contributed by atoms with Crippen molar-refractivity contribution in [2.24, 2.45) is 11.7 Å². The number of amides is 1. The molecule has 110 valence electrons. The van der Waals surface area contributed by atoms with Crippen molar-refractivity contribution in [3.63, 3.8) is 0 Å². The van der Waals surface area contributed by atoms with Crippen LogP contribution in [0.4, 0.5) is 24.8 Å². The Kier molecular flexibility index (Phi) is 3.69. The Bertz CT molecular complexity index is 519. The minimum Gasteiger partial charge on any atom is -0.384 e. The number of halogens is 3. The van der Waals surface area contributed by atoms with Crippen LogP contribution >= 0.6 is 0 Å². The molecule has 1 aliphatic rings. The lowest BCUT2D eigenvalue weighted by Crippen LogP contribution is -2.41. The fourth-order valence-electron chi connectivity index (χ4n) is 2.16. The molecule has 0 bridgehead atoms. The number of anilines is 2. The number of primary amides is 1. The highest BCUT2D eigenvalue weighted by atomic mass is 19.4. The number of nitrogen functional groups attached to an aromatic ring is 1. The number of aromatic nitrogens is 2. The predicted octanol–water partition coefficient (Wildman–Crippen LogP) is 0.779. The Labute approximate surface area is 113 Å². The zero-order chi connectivity index (χ0) is 14.9. The predicted molar refractivity (Wildman–Crippen MR) is 65.6 cm³/mol. The summed E-state index contributed by atoms with van der Waals surface area (Å²) in [5.41, 5.74) is 10.6. The first-order chi connectivity index (χ1) is 9.27. The van der Waals surface area contributed by atoms with Gasteiger partial charge in [-0.3, -0.25) is 4.79 Å². The molecule has 0 aromatic carbocycles. The van der Waals surface area contributed by atoms with Crippen LogP contribution in [0.3, 0.4) is 0 Å². The highest BCUT2D eigenvalue weighted by Gasteiger charge is 2.36. The average Bonchev–Trinajstić information content (AvgIpc) is 2.37. The van der Waals surface area contributed by atoms with Gasteiger partial charge in [0.15, 0.2) is 0 Å². The molecule has 6 nitrogen and oxygen atoms in total. The molecule has 1 aromatic rings. The standard InChI is InChI=1S/C11H14F3N5O/c12-11(13,14)10-17-7(15)4-8(18-10)19-3-1-2-6(5-19)9(16)20/h4,6H,1-3,5H2,(H2,16,20)(H2,15,17,18). The molecular formula is C11H14F3N5O. The maximum atomic E-state index is 12.6. The summed E-state index contributed by atoms with van der Waals surface area (Å²) in [7, 11) is 0. The smallest absolute Gasteiger partial charge is 0.384 e. The fourth-order valence-corrected chi connectivity index (χ4v) is 2.16. The highest BCUT2D eigenvalue weighted by molar-refractivity contribution is 5.77. The Hall–Kier alpha value is -2.06. The molecule has 0 spiro atoms. The van der Waals surface area contributed by atoms with Crippen LogP contribution in [0.25, 0.3) is 0 Å². The maximum Gasteiger partial charge on any atom is 0.451 e. The molecule has 0 radical (unpaired) electrons. The summed E-state index contributed by atoms with van der Waals surface area (Å²) in [5, 5.41) is 0. The normalized spacial score (nSPS) is 19.9. The molecule has 1 aromatic heterocycles. The van der Waals surface area contributed by atoms with E-state index in [2.05, 4.69) is 9.97 Å². The van der Waals surface area contributed by atoms with Gasteiger partial charge in [0.1, 0.15) is 11.6 Å². The van der Waals surface area contributed by atoms with Crippen molar-refractivity contribution in [1.29, 1.82) is 0 Å². The third kappa shape index (κ3) is 3.09. The van der Waals surface area contributed by atoms with E-state index in [0.29, 0.717) is 19.4 Å². The van der Waals surface area contributed by atoms with Crippen molar-refractivity contribution in [2.45, 2.75) is 19.0 Å². The van der Waals surface area contributed by atoms with Crippen LogP contribution < -0.4 is 16.4 Å². The molecule has 1 fully saturated rings. The number of alkyl halides is 3. The van der Waals surface area contributed by atoms with E-state index in [1.54, 1.807) is 4.90 Å². The number of carbonyl (C=O) groups excluding carboxylic acids is 1. The molecule has 4 N–H and O–H groups in total. The molecule has 1 unspecified atom stereocenters. The lowest BCUT2D eigenvalue weighted by molar-refractivity contribution is -0.144. The highest BCUT2D eigenvalue weighted by Crippen LogP contribution is 2.30. The second-order valence-corrected chi connectivity index (χ2v) is 4.66. The maximum absolute atomic E-state index is 12.6. The van der Waals surface area contributed by atoms with E-state index < -0.39 is 23.8 Å². The minimum atomic E-state index is -4.66. The Morgan fingerprint density at radius 1 is 1.40 bits per heavy atom. The van der Waals surface area contributed by atoms with Crippen LogP contribution in [0.15, 0.2) is 6.07 Å². The molecule has 20 heavy (non-hydrogen) atoms. The van der Waals surface area contributed by atoms with Gasteiger partial charge in [0.25, 0.3) is 0 Å². The van der Waals surface area contributed by atoms with Gasteiger partial charge in [-0.15, -0.1) is 0 Å². The van der Waals surface area contributed by atoms with E-state index in [1.807, 2.05) is 0 Å². The zero-order valence-corrected chi connectivity index (χ0v) is 10.5. The monoisotopic (exact) mass is 289 g/mol. The topological polar surface area (TPSA) is 98.1 Å². The summed E-state index contributed by atoms with van der Waals surface area (Å²) >= 11 is 0. The van der Waals surface area contributed by atoms with E-state index in [1.165, 1.54) is 6.07 Å². The number of hydrogen-bond donors (Lipinski definition) is 2. The van der Waals surface area contributed by atoms with Gasteiger partial charge in [0.2, 0.25) is 11.7 Å². The SMILES string of the molecule is NC(=O)C1CCCN(c2cc(N)nc(C(F)(F)F)n2)C1. The van der Waals surface area contributed by atoms with Crippen LogP contribution in [0.2, 0.25) is 0 Å². The number of nitrogens with zero attached hydrogens (tertiary/aromatic N) is 3. The summed E-state index contributed by atoms with van der Waals surface area (Å²) in [6, 6.07) is 1.26. The van der Waals surface area contributed by atoms with E-state index in [4.69, 9.17) is 11.5 Å². The van der Waals surface area contributed by atoms with Crippen molar-refractivity contribution < 1.29 is 18.0 Å². The van der Waals surface area contributed by atoms with Gasteiger partial charge < -0.3 is 16.4 Å². The van der Waals surface area contributed by atoms with Crippen LogP contribution in [-0.2, 0) is 11.0 Å². The third-order valence-electron chi connectivity index (χ3n) is 3.13. The molecule has 9 heteroatoms. The molecule has 1 atom stereocenters. The summed E-state index contributed by atoms with van der Waals surface area (Å²) < 4.78 is 37.9. The first-order valence-electron chi connectivity index (χ1n) is 6.03. The van der Waals surface area contributed by atoms with Crippen molar-refractivity contribution in [2.75, 3.05) is 23.7 Å². The molecule has 1 amide bonds. The van der Waals surface area contributed by atoms with Crippen LogP contribution in [0.5, 0.6) is 0 Å². The van der Waals surface area contributed by atoms with Crippen LogP contribution in [0, 0.1) is 5.92 Å². The van der Waals surface area contributed by atoms with E-state index in [0.717, 1.165) is 0 Å². The number of carbonyl (C=O) groups is 1. The van der Waals surface area contributed by atoms with Crippen molar-refractivity contribution >= 4 is 17.5 Å². The number of rotatable bonds is 2. The van der Waals surface area contributed by atoms with Gasteiger partial charge in [-0.1, -0.05) is 0 Å². The van der Waals surface area contributed by atoms with Gasteiger partial charge in [-0.25, -0.2) is 9.97 Å². The Balaban J connectivity index is 2.28. The second-order valence-electron chi connectivity index (χ2n) is 4.66. The lowest BCUT2D eigenvalue weighted by Gasteiger charge is -2.32.